The Morgan fingerprint density at radius 1 is 1.50 bits per heavy atom. The number of rotatable bonds is 0. The summed E-state index contributed by atoms with van der Waals surface area (Å²) in [6, 6.07) is 0. The van der Waals surface area contributed by atoms with Gasteiger partial charge in [0.05, 0.1) is 0 Å². The number of amides is 1. The van der Waals surface area contributed by atoms with Crippen molar-refractivity contribution >= 4 is 47.4 Å². The van der Waals surface area contributed by atoms with Crippen molar-refractivity contribution in [3.63, 3.8) is 0 Å². The van der Waals surface area contributed by atoms with Crippen LogP contribution in [0.3, 0.4) is 0 Å². The van der Waals surface area contributed by atoms with Crippen LogP contribution in [0.2, 0.25) is 0 Å². The van der Waals surface area contributed by atoms with Crippen LogP contribution in [0.4, 0.5) is 4.79 Å². The van der Waals surface area contributed by atoms with E-state index in [2.05, 4.69) is 0 Å². The second-order valence-corrected chi connectivity index (χ2v) is 2.79. The molecule has 56 valence electrons. The fraction of sp³-hybridized carbons (Fsp3) is 0.800. The summed E-state index contributed by atoms with van der Waals surface area (Å²) < 4.78 is 4.70. The van der Waals surface area contributed by atoms with E-state index in [1.165, 1.54) is 0 Å². The van der Waals surface area contributed by atoms with Gasteiger partial charge in [0, 0.05) is 11.8 Å². The van der Waals surface area contributed by atoms with Crippen molar-refractivity contribution in [1.29, 1.82) is 0 Å². The Morgan fingerprint density at radius 2 is 1.90 bits per heavy atom. The molecule has 0 aromatic rings. The van der Waals surface area contributed by atoms with Gasteiger partial charge in [-0.2, -0.15) is 0 Å². The van der Waals surface area contributed by atoms with Crippen LogP contribution in [-0.4, -0.2) is 41.3 Å². The minimum absolute atomic E-state index is 0. The molecular formula is C5H11ClNNaO2. The van der Waals surface area contributed by atoms with Crippen LogP contribution in [0.25, 0.3) is 0 Å². The summed E-state index contributed by atoms with van der Waals surface area (Å²) in [5, 5.41) is 0. The van der Waals surface area contributed by atoms with Gasteiger partial charge in [0.15, 0.2) is 0 Å². The quantitative estimate of drug-likeness (QED) is 0.441. The van der Waals surface area contributed by atoms with Crippen molar-refractivity contribution in [2.24, 2.45) is 0 Å². The van der Waals surface area contributed by atoms with Gasteiger partial charge in [-0.1, -0.05) is 0 Å². The van der Waals surface area contributed by atoms with Crippen LogP contribution >= 0.6 is 11.8 Å². The number of carbonyl (C=O) groups excluding carboxylic acids is 1. The Balaban J connectivity index is 0. The first-order chi connectivity index (χ1) is 3.95. The van der Waals surface area contributed by atoms with E-state index < -0.39 is 11.7 Å². The molecule has 0 aliphatic carbocycles. The van der Waals surface area contributed by atoms with Crippen molar-refractivity contribution < 1.29 is 9.53 Å². The molecule has 0 rings (SSSR count). The molecule has 0 unspecified atom stereocenters. The third-order valence-corrected chi connectivity index (χ3v) is 0.630. The van der Waals surface area contributed by atoms with Gasteiger partial charge in [0.25, 0.3) is 0 Å². The zero-order chi connectivity index (χ0) is 7.49. The standard InChI is InChI=1S/C5H10ClNO2.Na.H/c1-5(2,3)9-4(8)7-6;;/h1-3H3,(H,7,8);;. The summed E-state index contributed by atoms with van der Waals surface area (Å²) in [4.78, 5) is 12.2. The van der Waals surface area contributed by atoms with Crippen molar-refractivity contribution in [1.82, 2.24) is 4.84 Å². The van der Waals surface area contributed by atoms with Crippen molar-refractivity contribution in [3.8, 4) is 0 Å². The predicted octanol–water partition coefficient (Wildman–Crippen LogP) is 1.02. The Labute approximate surface area is 87.9 Å². The molecule has 1 N–H and O–H groups in total. The van der Waals surface area contributed by atoms with Crippen LogP contribution in [0.15, 0.2) is 0 Å². The molecule has 0 saturated carbocycles. The minimum atomic E-state index is -0.621. The number of ether oxygens (including phenoxy) is 1. The molecular weight excluding hydrogens is 165 g/mol. The summed E-state index contributed by atoms with van der Waals surface area (Å²) in [7, 11) is 0. The number of carbonyl (C=O) groups is 1. The maximum atomic E-state index is 10.4. The molecule has 0 saturated heterocycles. The molecule has 0 aromatic heterocycles. The van der Waals surface area contributed by atoms with E-state index in [-0.39, 0.29) is 29.6 Å². The normalized spacial score (nSPS) is 9.60. The zero-order valence-corrected chi connectivity index (χ0v) is 6.45. The van der Waals surface area contributed by atoms with Crippen molar-refractivity contribution in [3.05, 3.63) is 0 Å². The Bertz CT molecular complexity index is 113. The molecule has 0 fully saturated rings. The molecule has 0 aliphatic heterocycles. The van der Waals surface area contributed by atoms with Crippen LogP contribution in [-0.2, 0) is 4.74 Å². The Kier molecular flexibility index (Phi) is 6.90. The van der Waals surface area contributed by atoms with Gasteiger partial charge in [-0.3, -0.25) is 0 Å². The first-order valence-corrected chi connectivity index (χ1v) is 2.93. The van der Waals surface area contributed by atoms with E-state index in [1.807, 2.05) is 4.84 Å². The van der Waals surface area contributed by atoms with E-state index in [4.69, 9.17) is 16.5 Å². The average Bonchev–Trinajstić information content (AvgIpc) is 1.62. The van der Waals surface area contributed by atoms with Gasteiger partial charge >= 0.3 is 35.7 Å². The van der Waals surface area contributed by atoms with Crippen molar-refractivity contribution in [2.45, 2.75) is 26.4 Å². The number of hydrogen-bond acceptors (Lipinski definition) is 2. The van der Waals surface area contributed by atoms with Gasteiger partial charge in [-0.15, -0.1) is 0 Å². The zero-order valence-electron chi connectivity index (χ0n) is 5.69. The second-order valence-electron chi connectivity index (χ2n) is 2.60. The van der Waals surface area contributed by atoms with Gasteiger partial charge < -0.3 is 4.74 Å². The first-order valence-electron chi connectivity index (χ1n) is 2.55. The van der Waals surface area contributed by atoms with Crippen LogP contribution in [0.1, 0.15) is 20.8 Å². The second kappa shape index (κ2) is 5.24. The summed E-state index contributed by atoms with van der Waals surface area (Å²) in [6.07, 6.45) is -0.621. The van der Waals surface area contributed by atoms with E-state index >= 15 is 0 Å². The number of hydrogen-bond donors (Lipinski definition) is 1. The van der Waals surface area contributed by atoms with Gasteiger partial charge in [0.2, 0.25) is 0 Å². The van der Waals surface area contributed by atoms with E-state index in [9.17, 15) is 4.79 Å². The third-order valence-electron chi connectivity index (χ3n) is 0.476. The molecule has 3 nitrogen and oxygen atoms in total. The molecule has 0 heterocycles. The molecule has 0 aliphatic rings. The van der Waals surface area contributed by atoms with Gasteiger partial charge in [0.1, 0.15) is 5.60 Å². The summed E-state index contributed by atoms with van der Waals surface area (Å²) in [6.45, 7) is 5.29. The van der Waals surface area contributed by atoms with Gasteiger partial charge in [-0.25, -0.2) is 9.63 Å². The molecule has 10 heavy (non-hydrogen) atoms. The SMILES string of the molecule is CC(C)(C)OC(=O)NCl.[NaH]. The van der Waals surface area contributed by atoms with Crippen molar-refractivity contribution in [2.75, 3.05) is 0 Å². The third kappa shape index (κ3) is 8.56. The fourth-order valence-corrected chi connectivity index (χ4v) is 0.336. The summed E-state index contributed by atoms with van der Waals surface area (Å²) >= 11 is 4.93. The molecule has 0 spiro atoms. The monoisotopic (exact) mass is 175 g/mol. The topological polar surface area (TPSA) is 38.3 Å². The van der Waals surface area contributed by atoms with Crippen LogP contribution in [0, 0.1) is 0 Å². The summed E-state index contributed by atoms with van der Waals surface area (Å²) in [5.74, 6) is 0. The molecule has 0 atom stereocenters. The van der Waals surface area contributed by atoms with E-state index in [0.717, 1.165) is 0 Å². The number of nitrogens with one attached hydrogen (secondary N) is 1. The van der Waals surface area contributed by atoms with E-state index in [0.29, 0.717) is 0 Å². The molecule has 5 heteroatoms. The van der Waals surface area contributed by atoms with Crippen LogP contribution < -0.4 is 4.84 Å². The predicted molar refractivity (Wildman–Crippen MR) is 42.4 cm³/mol. The summed E-state index contributed by atoms with van der Waals surface area (Å²) in [5.41, 5.74) is -0.473. The number of halogens is 1. The average molecular weight is 176 g/mol. The Hall–Kier alpha value is 0.560. The van der Waals surface area contributed by atoms with E-state index in [1.54, 1.807) is 20.8 Å². The molecule has 0 radical (unpaired) electrons. The first kappa shape index (κ1) is 13.2. The fourth-order valence-electron chi connectivity index (χ4n) is 0.297. The Morgan fingerprint density at radius 3 is 2.00 bits per heavy atom. The van der Waals surface area contributed by atoms with Crippen LogP contribution in [0.5, 0.6) is 0 Å². The molecule has 0 aromatic carbocycles. The molecule has 0 bridgehead atoms. The maximum absolute atomic E-state index is 10.4. The molecule has 1 amide bonds. The van der Waals surface area contributed by atoms with Gasteiger partial charge in [-0.05, 0) is 20.8 Å².